The van der Waals surface area contributed by atoms with E-state index in [9.17, 15) is 13.9 Å². The molecule has 1 unspecified atom stereocenters. The molecule has 0 spiro atoms. The molecule has 0 heterocycles. The Hall–Kier alpha value is -0.830. The van der Waals surface area contributed by atoms with Gasteiger partial charge in [0, 0.05) is 11.4 Å². The van der Waals surface area contributed by atoms with E-state index in [-0.39, 0.29) is 23.1 Å². The average Bonchev–Trinajstić information content (AvgIpc) is 2.74. The molecule has 1 aliphatic rings. The molecule has 1 aromatic carbocycles. The first-order valence-electron chi connectivity index (χ1n) is 5.23. The van der Waals surface area contributed by atoms with E-state index in [1.165, 1.54) is 6.07 Å². The number of phenolic OH excluding ortho intramolecular Hbond substituents is 1. The van der Waals surface area contributed by atoms with Crippen molar-refractivity contribution in [3.05, 3.63) is 28.3 Å². The van der Waals surface area contributed by atoms with Gasteiger partial charge in [0.15, 0.2) is 0 Å². The van der Waals surface area contributed by atoms with E-state index < -0.39 is 11.8 Å². The third kappa shape index (κ3) is 1.88. The van der Waals surface area contributed by atoms with Gasteiger partial charge in [-0.3, -0.25) is 0 Å². The van der Waals surface area contributed by atoms with Crippen LogP contribution in [0.15, 0.2) is 12.1 Å². The van der Waals surface area contributed by atoms with Gasteiger partial charge in [-0.05, 0) is 29.2 Å². The lowest BCUT2D eigenvalue weighted by molar-refractivity contribution is 0.112. The number of halogens is 3. The number of alkyl halides is 2. The van der Waals surface area contributed by atoms with E-state index in [0.717, 1.165) is 0 Å². The standard InChI is InChI=1S/C12H13ClF2O/c1-6(2)7-3-8(9-5-12(9,14)15)10(13)4-11(7)16/h3-4,6,9,16H,5H2,1-2H3. The molecular weight excluding hydrogens is 234 g/mol. The van der Waals surface area contributed by atoms with E-state index >= 15 is 0 Å². The Morgan fingerprint density at radius 3 is 2.44 bits per heavy atom. The maximum atomic E-state index is 13.0. The maximum Gasteiger partial charge on any atom is 0.255 e. The van der Waals surface area contributed by atoms with Crippen LogP contribution in [-0.4, -0.2) is 11.0 Å². The van der Waals surface area contributed by atoms with Gasteiger partial charge in [0.2, 0.25) is 0 Å². The molecular formula is C12H13ClF2O. The Morgan fingerprint density at radius 2 is 2.00 bits per heavy atom. The Morgan fingerprint density at radius 1 is 1.44 bits per heavy atom. The van der Waals surface area contributed by atoms with Gasteiger partial charge >= 0.3 is 0 Å². The second-order valence-electron chi connectivity index (χ2n) is 4.60. The molecule has 0 aliphatic heterocycles. The van der Waals surface area contributed by atoms with Crippen molar-refractivity contribution in [2.45, 2.75) is 38.0 Å². The van der Waals surface area contributed by atoms with Crippen molar-refractivity contribution >= 4 is 11.6 Å². The molecule has 1 aromatic rings. The Bertz CT molecular complexity index is 429. The van der Waals surface area contributed by atoms with Gasteiger partial charge in [0.25, 0.3) is 5.92 Å². The van der Waals surface area contributed by atoms with Crippen LogP contribution < -0.4 is 0 Å². The summed E-state index contributed by atoms with van der Waals surface area (Å²) < 4.78 is 25.9. The van der Waals surface area contributed by atoms with E-state index in [2.05, 4.69) is 0 Å². The fraction of sp³-hybridized carbons (Fsp3) is 0.500. The van der Waals surface area contributed by atoms with Crippen LogP contribution in [0.1, 0.15) is 43.2 Å². The number of rotatable bonds is 2. The number of phenols is 1. The molecule has 2 rings (SSSR count). The third-order valence-electron chi connectivity index (χ3n) is 2.97. The lowest BCUT2D eigenvalue weighted by Crippen LogP contribution is -1.97. The summed E-state index contributed by atoms with van der Waals surface area (Å²) in [6.07, 6.45) is -0.144. The highest BCUT2D eigenvalue weighted by atomic mass is 35.5. The molecule has 0 saturated heterocycles. The van der Waals surface area contributed by atoms with Gasteiger partial charge < -0.3 is 5.11 Å². The van der Waals surface area contributed by atoms with Crippen molar-refractivity contribution in [1.82, 2.24) is 0 Å². The Labute approximate surface area is 98.0 Å². The largest absolute Gasteiger partial charge is 0.508 e. The van der Waals surface area contributed by atoms with Gasteiger partial charge in [-0.15, -0.1) is 0 Å². The normalized spacial score (nSPS) is 22.5. The fourth-order valence-corrected chi connectivity index (χ4v) is 2.17. The quantitative estimate of drug-likeness (QED) is 0.825. The number of aromatic hydroxyl groups is 1. The fourth-order valence-electron chi connectivity index (χ4n) is 1.88. The Balaban J connectivity index is 2.43. The zero-order valence-electron chi connectivity index (χ0n) is 9.10. The van der Waals surface area contributed by atoms with Gasteiger partial charge in [-0.2, -0.15) is 0 Å². The van der Waals surface area contributed by atoms with Crippen LogP contribution in [0.5, 0.6) is 5.75 Å². The van der Waals surface area contributed by atoms with Crippen LogP contribution in [0.4, 0.5) is 8.78 Å². The van der Waals surface area contributed by atoms with Crippen molar-refractivity contribution in [3.8, 4) is 5.75 Å². The second-order valence-corrected chi connectivity index (χ2v) is 5.01. The summed E-state index contributed by atoms with van der Waals surface area (Å²) >= 11 is 5.88. The van der Waals surface area contributed by atoms with E-state index in [1.54, 1.807) is 6.07 Å². The van der Waals surface area contributed by atoms with Crippen LogP contribution >= 0.6 is 11.6 Å². The first-order chi connectivity index (χ1) is 7.33. The number of benzene rings is 1. The molecule has 1 fully saturated rings. The SMILES string of the molecule is CC(C)c1cc(C2CC2(F)F)c(Cl)cc1O. The van der Waals surface area contributed by atoms with Crippen molar-refractivity contribution in [2.24, 2.45) is 0 Å². The third-order valence-corrected chi connectivity index (χ3v) is 3.30. The van der Waals surface area contributed by atoms with Crippen LogP contribution in [0, 0.1) is 0 Å². The molecule has 16 heavy (non-hydrogen) atoms. The zero-order valence-corrected chi connectivity index (χ0v) is 9.85. The highest BCUT2D eigenvalue weighted by molar-refractivity contribution is 6.31. The smallest absolute Gasteiger partial charge is 0.255 e. The lowest BCUT2D eigenvalue weighted by Gasteiger charge is -2.12. The summed E-state index contributed by atoms with van der Waals surface area (Å²) in [5, 5.41) is 9.87. The number of hydrogen-bond donors (Lipinski definition) is 1. The Kier molecular flexibility index (Phi) is 2.61. The molecule has 0 radical (unpaired) electrons. The first-order valence-corrected chi connectivity index (χ1v) is 5.61. The van der Waals surface area contributed by atoms with Gasteiger partial charge in [-0.25, -0.2) is 8.78 Å². The lowest BCUT2D eigenvalue weighted by atomic mass is 9.98. The predicted octanol–water partition coefficient (Wildman–Crippen LogP) is 4.29. The van der Waals surface area contributed by atoms with Crippen molar-refractivity contribution in [2.75, 3.05) is 0 Å². The first kappa shape index (κ1) is 11.6. The monoisotopic (exact) mass is 246 g/mol. The molecule has 0 aromatic heterocycles. The van der Waals surface area contributed by atoms with Crippen molar-refractivity contribution in [3.63, 3.8) is 0 Å². The molecule has 1 saturated carbocycles. The van der Waals surface area contributed by atoms with Gasteiger partial charge in [-0.1, -0.05) is 25.4 Å². The molecule has 0 amide bonds. The highest BCUT2D eigenvalue weighted by Crippen LogP contribution is 2.57. The minimum atomic E-state index is -2.63. The average molecular weight is 247 g/mol. The molecule has 1 nitrogen and oxygen atoms in total. The summed E-state index contributed by atoms with van der Waals surface area (Å²) in [5.74, 6) is -3.25. The van der Waals surface area contributed by atoms with Gasteiger partial charge in [0.1, 0.15) is 5.75 Å². The summed E-state index contributed by atoms with van der Waals surface area (Å²) in [5.41, 5.74) is 1.12. The van der Waals surface area contributed by atoms with Gasteiger partial charge in [0.05, 0.1) is 5.92 Å². The molecule has 1 aliphatic carbocycles. The summed E-state index contributed by atoms with van der Waals surface area (Å²) in [6, 6.07) is 2.97. The van der Waals surface area contributed by atoms with E-state index in [1.807, 2.05) is 13.8 Å². The number of hydrogen-bond acceptors (Lipinski definition) is 1. The van der Waals surface area contributed by atoms with E-state index in [4.69, 9.17) is 11.6 Å². The minimum Gasteiger partial charge on any atom is -0.508 e. The molecule has 1 N–H and O–H groups in total. The van der Waals surface area contributed by atoms with Crippen LogP contribution in [0.2, 0.25) is 5.02 Å². The predicted molar refractivity (Wildman–Crippen MR) is 59.5 cm³/mol. The summed E-state index contributed by atoms with van der Waals surface area (Å²) in [6.45, 7) is 3.80. The molecule has 4 heteroatoms. The molecule has 0 bridgehead atoms. The van der Waals surface area contributed by atoms with Crippen LogP contribution in [0.3, 0.4) is 0 Å². The zero-order chi connectivity index (χ0) is 12.1. The van der Waals surface area contributed by atoms with Crippen LogP contribution in [0.25, 0.3) is 0 Å². The second kappa shape index (κ2) is 3.59. The maximum absolute atomic E-state index is 13.0. The van der Waals surface area contributed by atoms with E-state index in [0.29, 0.717) is 11.1 Å². The van der Waals surface area contributed by atoms with Crippen molar-refractivity contribution in [1.29, 1.82) is 0 Å². The summed E-state index contributed by atoms with van der Waals surface area (Å²) in [7, 11) is 0. The summed E-state index contributed by atoms with van der Waals surface area (Å²) in [4.78, 5) is 0. The molecule has 1 atom stereocenters. The van der Waals surface area contributed by atoms with Crippen LogP contribution in [-0.2, 0) is 0 Å². The highest BCUT2D eigenvalue weighted by Gasteiger charge is 2.58. The minimum absolute atomic E-state index is 0.0766. The molecule has 88 valence electrons. The van der Waals surface area contributed by atoms with Crippen molar-refractivity contribution < 1.29 is 13.9 Å². The topological polar surface area (TPSA) is 20.2 Å².